The van der Waals surface area contributed by atoms with Crippen molar-refractivity contribution in [1.29, 1.82) is 0 Å². The molecule has 2 aliphatic carbocycles. The number of nitrogens with zero attached hydrogens (tertiary/aromatic N) is 1. The van der Waals surface area contributed by atoms with Gasteiger partial charge in [-0.1, -0.05) is 84.9 Å². The normalized spacial score (nSPS) is 23.8. The van der Waals surface area contributed by atoms with E-state index < -0.39 is 17.8 Å². The lowest BCUT2D eigenvalue weighted by molar-refractivity contribution is -0.122. The zero-order valence-corrected chi connectivity index (χ0v) is 19.8. The molecular weight excluding hydrogens is 450 g/mol. The number of allylic oxidation sites excluding steroid dienone is 3. The first kappa shape index (κ1) is 22.2. The molecular formula is C31H25NO4. The number of hydrogen-bond donors (Lipinski definition) is 0. The molecule has 3 aromatic rings. The first-order valence-electron chi connectivity index (χ1n) is 12.3. The molecule has 4 atom stereocenters. The lowest BCUT2D eigenvalue weighted by atomic mass is 9.85. The van der Waals surface area contributed by atoms with Crippen LogP contribution in [-0.4, -0.2) is 24.4 Å². The molecule has 2 amide bonds. The number of carbonyl (C=O) groups excluding carboxylic acids is 3. The van der Waals surface area contributed by atoms with Gasteiger partial charge in [-0.3, -0.25) is 9.59 Å². The maximum absolute atomic E-state index is 13.9. The number of benzene rings is 3. The van der Waals surface area contributed by atoms with E-state index in [2.05, 4.69) is 36.4 Å². The van der Waals surface area contributed by atoms with Crippen LogP contribution in [0.5, 0.6) is 0 Å². The largest absolute Gasteiger partial charge is 0.462 e. The number of ether oxygens (including phenoxy) is 1. The fourth-order valence-electron chi connectivity index (χ4n) is 6.09. The summed E-state index contributed by atoms with van der Waals surface area (Å²) in [7, 11) is 0. The molecule has 1 saturated heterocycles. The Morgan fingerprint density at radius 2 is 1.25 bits per heavy atom. The first-order chi connectivity index (χ1) is 17.6. The van der Waals surface area contributed by atoms with Gasteiger partial charge in [0.2, 0.25) is 11.8 Å². The molecule has 2 fully saturated rings. The average molecular weight is 476 g/mol. The summed E-state index contributed by atoms with van der Waals surface area (Å²) in [6.45, 7) is 1.94. The number of amides is 2. The third-order valence-electron chi connectivity index (χ3n) is 7.47. The maximum Gasteiger partial charge on any atom is 0.340 e. The second-order valence-electron chi connectivity index (χ2n) is 9.30. The van der Waals surface area contributed by atoms with Crippen LogP contribution in [0, 0.1) is 23.7 Å². The Labute approximate surface area is 209 Å². The van der Waals surface area contributed by atoms with E-state index in [0.717, 1.165) is 22.3 Å². The van der Waals surface area contributed by atoms with E-state index in [9.17, 15) is 14.4 Å². The van der Waals surface area contributed by atoms with Crippen molar-refractivity contribution >= 4 is 29.0 Å². The Morgan fingerprint density at radius 3 is 1.78 bits per heavy atom. The lowest BCUT2D eigenvalue weighted by Crippen LogP contribution is -2.34. The number of rotatable bonds is 5. The lowest BCUT2D eigenvalue weighted by Gasteiger charge is -2.22. The molecule has 0 unspecified atom stereocenters. The van der Waals surface area contributed by atoms with E-state index in [-0.39, 0.29) is 35.8 Å². The Hall–Kier alpha value is -4.25. The predicted octanol–water partition coefficient (Wildman–Crippen LogP) is 5.29. The van der Waals surface area contributed by atoms with Gasteiger partial charge in [-0.25, -0.2) is 9.69 Å². The van der Waals surface area contributed by atoms with Gasteiger partial charge in [-0.2, -0.15) is 0 Å². The molecule has 3 aliphatic rings. The fraction of sp³-hybridized carbons (Fsp3) is 0.194. The van der Waals surface area contributed by atoms with Gasteiger partial charge < -0.3 is 4.74 Å². The number of esters is 1. The summed E-state index contributed by atoms with van der Waals surface area (Å²) < 4.78 is 5.19. The number of anilines is 1. The van der Waals surface area contributed by atoms with Crippen molar-refractivity contribution in [3.63, 3.8) is 0 Å². The van der Waals surface area contributed by atoms with Gasteiger partial charge >= 0.3 is 5.97 Å². The Balaban J connectivity index is 1.45. The molecule has 0 N–H and O–H groups in total. The molecule has 2 bridgehead atoms. The highest BCUT2D eigenvalue weighted by molar-refractivity contribution is 6.25. The summed E-state index contributed by atoms with van der Waals surface area (Å²) in [6.07, 6.45) is 4.16. The van der Waals surface area contributed by atoms with Crippen LogP contribution in [0.3, 0.4) is 0 Å². The van der Waals surface area contributed by atoms with Crippen molar-refractivity contribution < 1.29 is 19.1 Å². The summed E-state index contributed by atoms with van der Waals surface area (Å²) in [5.74, 6) is -2.37. The second kappa shape index (κ2) is 8.76. The standard InChI is InChI=1S/C31H25NO4/c1-2-36-31(35)21-15-9-10-16-24(21)32-29(33)27-22-17-18-23(28(27)30(32)34)26(22)25(19-11-5-3-6-12-19)20-13-7-4-8-14-20/h3-18,22-23,27-28H,2H2,1H3/t22-,23-,27+,28+/m0/s1. The first-order valence-corrected chi connectivity index (χ1v) is 12.3. The van der Waals surface area contributed by atoms with Crippen LogP contribution < -0.4 is 4.90 Å². The molecule has 0 radical (unpaired) electrons. The molecule has 6 rings (SSSR count). The molecule has 5 nitrogen and oxygen atoms in total. The molecule has 0 spiro atoms. The van der Waals surface area contributed by atoms with Crippen LogP contribution in [0.25, 0.3) is 5.57 Å². The van der Waals surface area contributed by atoms with E-state index in [1.54, 1.807) is 31.2 Å². The predicted molar refractivity (Wildman–Crippen MR) is 137 cm³/mol. The summed E-state index contributed by atoms with van der Waals surface area (Å²) in [6, 6.07) is 27.0. The fourth-order valence-corrected chi connectivity index (χ4v) is 6.09. The molecule has 0 aromatic heterocycles. The number of carbonyl (C=O) groups is 3. The van der Waals surface area contributed by atoms with Crippen molar-refractivity contribution in [1.82, 2.24) is 0 Å². The van der Waals surface area contributed by atoms with Crippen LogP contribution in [0.1, 0.15) is 28.4 Å². The van der Waals surface area contributed by atoms with Crippen molar-refractivity contribution in [2.45, 2.75) is 6.92 Å². The molecule has 1 heterocycles. The van der Waals surface area contributed by atoms with Gasteiger partial charge in [0.05, 0.1) is 29.7 Å². The molecule has 178 valence electrons. The van der Waals surface area contributed by atoms with Crippen LogP contribution in [0.15, 0.2) is 103 Å². The third-order valence-corrected chi connectivity index (χ3v) is 7.47. The van der Waals surface area contributed by atoms with Crippen LogP contribution in [-0.2, 0) is 14.3 Å². The average Bonchev–Trinajstić information content (AvgIpc) is 3.54. The Bertz CT molecular complexity index is 1350. The van der Waals surface area contributed by atoms with Gasteiger partial charge in [-0.15, -0.1) is 0 Å². The van der Waals surface area contributed by atoms with E-state index >= 15 is 0 Å². The highest BCUT2D eigenvalue weighted by Crippen LogP contribution is 2.59. The van der Waals surface area contributed by atoms with E-state index in [1.807, 2.05) is 36.4 Å². The minimum absolute atomic E-state index is 0.174. The van der Waals surface area contributed by atoms with E-state index in [1.165, 1.54) is 4.90 Å². The maximum atomic E-state index is 13.9. The summed E-state index contributed by atoms with van der Waals surface area (Å²) in [5.41, 5.74) is 4.89. The zero-order chi connectivity index (χ0) is 24.8. The van der Waals surface area contributed by atoms with Crippen molar-refractivity contribution in [2.75, 3.05) is 11.5 Å². The number of hydrogen-bond acceptors (Lipinski definition) is 4. The quantitative estimate of drug-likeness (QED) is 0.286. The number of para-hydroxylation sites is 1. The van der Waals surface area contributed by atoms with Crippen LogP contribution >= 0.6 is 0 Å². The SMILES string of the molecule is CCOC(=O)c1ccccc1N1C(=O)[C@H]2[C@H](C1=O)[C@H]1C=C[C@H]2C1=C(c1ccccc1)c1ccccc1. The molecule has 3 aromatic carbocycles. The van der Waals surface area contributed by atoms with Crippen LogP contribution in [0.4, 0.5) is 5.69 Å². The van der Waals surface area contributed by atoms with Gasteiger partial charge in [-0.05, 0) is 41.3 Å². The highest BCUT2D eigenvalue weighted by Gasteiger charge is 2.62. The monoisotopic (exact) mass is 475 g/mol. The van der Waals surface area contributed by atoms with Crippen molar-refractivity contribution in [3.8, 4) is 0 Å². The second-order valence-corrected chi connectivity index (χ2v) is 9.30. The topological polar surface area (TPSA) is 63.7 Å². The van der Waals surface area contributed by atoms with E-state index in [4.69, 9.17) is 4.74 Å². The minimum Gasteiger partial charge on any atom is -0.462 e. The highest BCUT2D eigenvalue weighted by atomic mass is 16.5. The molecule has 1 aliphatic heterocycles. The van der Waals surface area contributed by atoms with Gasteiger partial charge in [0.15, 0.2) is 0 Å². The van der Waals surface area contributed by atoms with Gasteiger partial charge in [0.25, 0.3) is 0 Å². The Kier molecular flexibility index (Phi) is 5.41. The van der Waals surface area contributed by atoms with Crippen molar-refractivity contribution in [3.05, 3.63) is 119 Å². The molecule has 36 heavy (non-hydrogen) atoms. The summed E-state index contributed by atoms with van der Waals surface area (Å²) in [5, 5.41) is 0. The van der Waals surface area contributed by atoms with Crippen LogP contribution in [0.2, 0.25) is 0 Å². The number of imide groups is 1. The third kappa shape index (κ3) is 3.27. The Morgan fingerprint density at radius 1 is 0.750 bits per heavy atom. The summed E-state index contributed by atoms with van der Waals surface area (Å²) in [4.78, 5) is 41.5. The number of fused-ring (bicyclic) bond motifs is 5. The molecule has 5 heteroatoms. The van der Waals surface area contributed by atoms with E-state index in [0.29, 0.717) is 5.69 Å². The van der Waals surface area contributed by atoms with Gasteiger partial charge in [0.1, 0.15) is 0 Å². The summed E-state index contributed by atoms with van der Waals surface area (Å²) >= 11 is 0. The van der Waals surface area contributed by atoms with Gasteiger partial charge in [0, 0.05) is 11.8 Å². The minimum atomic E-state index is -0.539. The van der Waals surface area contributed by atoms with Crippen molar-refractivity contribution in [2.24, 2.45) is 23.7 Å². The smallest absolute Gasteiger partial charge is 0.340 e. The zero-order valence-electron chi connectivity index (χ0n) is 19.8. The molecule has 1 saturated carbocycles.